The second kappa shape index (κ2) is 11.7. The molecule has 0 aromatic rings. The first kappa shape index (κ1) is 21.2. The lowest BCUT2D eigenvalue weighted by Crippen LogP contribution is -2.43. The Morgan fingerprint density at radius 1 is 1.42 bits per heavy atom. The smallest absolute Gasteiger partial charge is 0.191 e. The molecule has 8 heteroatoms. The van der Waals surface area contributed by atoms with E-state index in [1.807, 2.05) is 6.92 Å². The molecule has 6 nitrogen and oxygen atoms in total. The maximum absolute atomic E-state index is 11.0. The van der Waals surface area contributed by atoms with Gasteiger partial charge >= 0.3 is 0 Å². The normalized spacial score (nSPS) is 13.6. The van der Waals surface area contributed by atoms with Crippen LogP contribution < -0.4 is 10.6 Å². The second-order valence-corrected chi connectivity index (χ2v) is 6.57. The molecule has 0 saturated carbocycles. The molecule has 0 saturated heterocycles. The molecule has 1 atom stereocenters. The van der Waals surface area contributed by atoms with E-state index in [4.69, 9.17) is 4.74 Å². The minimum absolute atomic E-state index is 0. The molecule has 2 N–H and O–H groups in total. The molecule has 0 aromatic carbocycles. The number of sulfone groups is 1. The van der Waals surface area contributed by atoms with Crippen LogP contribution in [-0.4, -0.2) is 59.7 Å². The molecule has 0 rings (SSSR count). The van der Waals surface area contributed by atoms with Gasteiger partial charge in [0.15, 0.2) is 5.96 Å². The number of ether oxygens (including phenoxy) is 1. The molecule has 0 amide bonds. The number of halogens is 1. The third-order valence-electron chi connectivity index (χ3n) is 2.35. The molecule has 0 spiro atoms. The van der Waals surface area contributed by atoms with Gasteiger partial charge in [-0.05, 0) is 19.8 Å². The van der Waals surface area contributed by atoms with Crippen molar-refractivity contribution >= 4 is 39.8 Å². The monoisotopic (exact) mass is 407 g/mol. The fourth-order valence-corrected chi connectivity index (χ4v) is 2.10. The molecule has 0 fully saturated rings. The molecular formula is C11H26IN3O3S. The van der Waals surface area contributed by atoms with Crippen molar-refractivity contribution in [2.24, 2.45) is 4.99 Å². The number of nitrogens with one attached hydrogen (secondary N) is 2. The van der Waals surface area contributed by atoms with Crippen molar-refractivity contribution in [3.8, 4) is 0 Å². The summed E-state index contributed by atoms with van der Waals surface area (Å²) in [6.07, 6.45) is 2.71. The molecular weight excluding hydrogens is 381 g/mol. The van der Waals surface area contributed by atoms with Gasteiger partial charge in [-0.2, -0.15) is 0 Å². The standard InChI is InChI=1S/C11H25N3O3S.HI/c1-10(6-9-18(4,15)16)14-11(12-2)13-7-5-8-17-3;/h10H,5-9H2,1-4H3,(H2,12,13,14);1H. The van der Waals surface area contributed by atoms with E-state index >= 15 is 0 Å². The number of methoxy groups -OCH3 is 1. The summed E-state index contributed by atoms with van der Waals surface area (Å²) in [5.41, 5.74) is 0. The molecule has 116 valence electrons. The number of nitrogens with zero attached hydrogens (tertiary/aromatic N) is 1. The molecule has 0 heterocycles. The van der Waals surface area contributed by atoms with Crippen LogP contribution in [0.4, 0.5) is 0 Å². The average Bonchev–Trinajstić information content (AvgIpc) is 2.29. The third-order valence-corrected chi connectivity index (χ3v) is 3.32. The largest absolute Gasteiger partial charge is 0.385 e. The van der Waals surface area contributed by atoms with Gasteiger partial charge in [0.1, 0.15) is 9.84 Å². The Morgan fingerprint density at radius 2 is 2.05 bits per heavy atom. The first-order chi connectivity index (χ1) is 8.39. The van der Waals surface area contributed by atoms with E-state index in [2.05, 4.69) is 15.6 Å². The van der Waals surface area contributed by atoms with E-state index in [1.54, 1.807) is 14.2 Å². The van der Waals surface area contributed by atoms with E-state index in [1.165, 1.54) is 6.26 Å². The zero-order valence-corrected chi connectivity index (χ0v) is 15.2. The molecule has 0 aliphatic rings. The van der Waals surface area contributed by atoms with Crippen molar-refractivity contribution in [1.29, 1.82) is 0 Å². The van der Waals surface area contributed by atoms with Crippen LogP contribution >= 0.6 is 24.0 Å². The van der Waals surface area contributed by atoms with E-state index in [0.717, 1.165) is 13.0 Å². The van der Waals surface area contributed by atoms with Gasteiger partial charge in [0.05, 0.1) is 5.75 Å². The van der Waals surface area contributed by atoms with Crippen LogP contribution in [0.5, 0.6) is 0 Å². The highest BCUT2D eigenvalue weighted by Gasteiger charge is 2.09. The SMILES string of the molecule is CN=C(NCCCOC)NC(C)CCS(C)(=O)=O.I. The van der Waals surface area contributed by atoms with Crippen LogP contribution in [0.25, 0.3) is 0 Å². The molecule has 0 aliphatic heterocycles. The summed E-state index contributed by atoms with van der Waals surface area (Å²) < 4.78 is 27.0. The van der Waals surface area contributed by atoms with Gasteiger partial charge in [-0.15, -0.1) is 24.0 Å². The van der Waals surface area contributed by atoms with Gasteiger partial charge in [0.2, 0.25) is 0 Å². The Balaban J connectivity index is 0. The number of aliphatic imine (C=N–C) groups is 1. The highest BCUT2D eigenvalue weighted by Crippen LogP contribution is 1.95. The van der Waals surface area contributed by atoms with E-state index < -0.39 is 9.84 Å². The Morgan fingerprint density at radius 3 is 2.53 bits per heavy atom. The Bertz CT molecular complexity index is 347. The zero-order valence-electron chi connectivity index (χ0n) is 12.1. The highest BCUT2D eigenvalue weighted by molar-refractivity contribution is 14.0. The Labute approximate surface area is 133 Å². The van der Waals surface area contributed by atoms with Crippen LogP contribution in [0, 0.1) is 0 Å². The quantitative estimate of drug-likeness (QED) is 0.267. The van der Waals surface area contributed by atoms with Gasteiger partial charge in [-0.3, -0.25) is 4.99 Å². The fourth-order valence-electron chi connectivity index (χ4n) is 1.31. The van der Waals surface area contributed by atoms with Crippen LogP contribution in [0.1, 0.15) is 19.8 Å². The summed E-state index contributed by atoms with van der Waals surface area (Å²) in [4.78, 5) is 4.07. The summed E-state index contributed by atoms with van der Waals surface area (Å²) in [7, 11) is 0.454. The van der Waals surface area contributed by atoms with E-state index in [-0.39, 0.29) is 35.8 Å². The summed E-state index contributed by atoms with van der Waals surface area (Å²) >= 11 is 0. The Kier molecular flexibility index (Phi) is 13.1. The minimum atomic E-state index is -2.90. The van der Waals surface area contributed by atoms with E-state index in [0.29, 0.717) is 19.0 Å². The first-order valence-electron chi connectivity index (χ1n) is 6.03. The topological polar surface area (TPSA) is 79.8 Å². The van der Waals surface area contributed by atoms with Crippen molar-refractivity contribution in [3.05, 3.63) is 0 Å². The van der Waals surface area contributed by atoms with E-state index in [9.17, 15) is 8.42 Å². The molecule has 0 aromatic heterocycles. The number of guanidine groups is 1. The predicted molar refractivity (Wildman–Crippen MR) is 90.2 cm³/mol. The number of hydrogen-bond donors (Lipinski definition) is 2. The van der Waals surface area contributed by atoms with Crippen molar-refractivity contribution in [2.45, 2.75) is 25.8 Å². The van der Waals surface area contributed by atoms with Crippen molar-refractivity contribution in [3.63, 3.8) is 0 Å². The maximum atomic E-state index is 11.0. The number of hydrogen-bond acceptors (Lipinski definition) is 4. The molecule has 0 aliphatic carbocycles. The van der Waals surface area contributed by atoms with Crippen LogP contribution in [0.15, 0.2) is 4.99 Å². The summed E-state index contributed by atoms with van der Waals surface area (Å²) in [6, 6.07) is 0.0633. The molecule has 0 radical (unpaired) electrons. The molecule has 19 heavy (non-hydrogen) atoms. The van der Waals surface area contributed by atoms with Gasteiger partial charge < -0.3 is 15.4 Å². The summed E-state index contributed by atoms with van der Waals surface area (Å²) in [5.74, 6) is 0.870. The Hall–Kier alpha value is -0.0900. The average molecular weight is 407 g/mol. The molecule has 1 unspecified atom stereocenters. The number of rotatable bonds is 8. The van der Waals surface area contributed by atoms with Gasteiger partial charge in [-0.1, -0.05) is 0 Å². The van der Waals surface area contributed by atoms with Crippen LogP contribution in [0.2, 0.25) is 0 Å². The first-order valence-corrected chi connectivity index (χ1v) is 8.09. The lowest BCUT2D eigenvalue weighted by Gasteiger charge is -2.17. The van der Waals surface area contributed by atoms with Crippen LogP contribution in [0.3, 0.4) is 0 Å². The van der Waals surface area contributed by atoms with Crippen LogP contribution in [-0.2, 0) is 14.6 Å². The summed E-state index contributed by atoms with van der Waals surface area (Å²) in [6.45, 7) is 3.41. The third kappa shape index (κ3) is 14.1. The summed E-state index contributed by atoms with van der Waals surface area (Å²) in [5, 5.41) is 6.29. The maximum Gasteiger partial charge on any atom is 0.191 e. The van der Waals surface area contributed by atoms with Crippen molar-refractivity contribution in [2.75, 3.05) is 39.3 Å². The lowest BCUT2D eigenvalue weighted by atomic mass is 10.3. The predicted octanol–water partition coefficient (Wildman–Crippen LogP) is 0.629. The highest BCUT2D eigenvalue weighted by atomic mass is 127. The fraction of sp³-hybridized carbons (Fsp3) is 0.909. The second-order valence-electron chi connectivity index (χ2n) is 4.31. The van der Waals surface area contributed by atoms with Gasteiger partial charge in [-0.25, -0.2) is 8.42 Å². The van der Waals surface area contributed by atoms with Gasteiger partial charge in [0.25, 0.3) is 0 Å². The lowest BCUT2D eigenvalue weighted by molar-refractivity contribution is 0.195. The van der Waals surface area contributed by atoms with Crippen molar-refractivity contribution < 1.29 is 13.2 Å². The minimum Gasteiger partial charge on any atom is -0.385 e. The molecule has 0 bridgehead atoms. The van der Waals surface area contributed by atoms with Gasteiger partial charge in [0, 0.05) is 39.6 Å². The van der Waals surface area contributed by atoms with Crippen molar-refractivity contribution in [1.82, 2.24) is 10.6 Å². The zero-order chi connectivity index (χ0) is 14.0.